The van der Waals surface area contributed by atoms with Gasteiger partial charge in [-0.3, -0.25) is 19.2 Å². The van der Waals surface area contributed by atoms with Gasteiger partial charge in [0.2, 0.25) is 0 Å². The molecule has 0 aliphatic carbocycles. The van der Waals surface area contributed by atoms with Gasteiger partial charge in [-0.2, -0.15) is 0 Å². The summed E-state index contributed by atoms with van der Waals surface area (Å²) >= 11 is 0. The number of esters is 2. The lowest BCUT2D eigenvalue weighted by Gasteiger charge is -2.25. The molecule has 2 aromatic carbocycles. The molecule has 0 aromatic heterocycles. The number of rotatable bonds is 8. The molecule has 2 aromatic rings. The molecule has 0 heterocycles. The van der Waals surface area contributed by atoms with Crippen LogP contribution in [0.3, 0.4) is 0 Å². The fourth-order valence-corrected chi connectivity index (χ4v) is 4.33. The van der Waals surface area contributed by atoms with E-state index in [-0.39, 0.29) is 28.3 Å². The first-order valence-electron chi connectivity index (χ1n) is 8.74. The summed E-state index contributed by atoms with van der Waals surface area (Å²) in [5.74, 6) is -1.67. The molecule has 0 unspecified atom stereocenters. The quantitative estimate of drug-likeness (QED) is 0.350. The normalized spacial score (nSPS) is 10.9. The molecule has 0 amide bonds. The lowest BCUT2D eigenvalue weighted by Crippen LogP contribution is -2.37. The number of non-ortho nitro benzene ring substituents is 1. The van der Waals surface area contributed by atoms with Crippen molar-refractivity contribution in [1.82, 2.24) is 0 Å². The summed E-state index contributed by atoms with van der Waals surface area (Å²) in [5.41, 5.74) is -0.415. The van der Waals surface area contributed by atoms with Gasteiger partial charge in [0.1, 0.15) is 6.54 Å². The Morgan fingerprint density at radius 3 is 2.43 bits per heavy atom. The number of methoxy groups -OCH3 is 1. The van der Waals surface area contributed by atoms with Gasteiger partial charge >= 0.3 is 11.9 Å². The Hall–Kier alpha value is -3.47. The van der Waals surface area contributed by atoms with Crippen LogP contribution in [0.15, 0.2) is 47.4 Å². The zero-order chi connectivity index (χ0) is 22.5. The predicted octanol–water partition coefficient (Wildman–Crippen LogP) is 2.45. The lowest BCUT2D eigenvalue weighted by molar-refractivity contribution is -0.385. The molecule has 0 spiro atoms. The van der Waals surface area contributed by atoms with E-state index in [1.807, 2.05) is 0 Å². The first kappa shape index (κ1) is 22.8. The molecule has 0 aliphatic rings. The largest absolute Gasteiger partial charge is 0.468 e. The van der Waals surface area contributed by atoms with Crippen LogP contribution in [0.2, 0.25) is 0 Å². The maximum absolute atomic E-state index is 13.5. The maximum atomic E-state index is 13.5. The Morgan fingerprint density at radius 1 is 1.17 bits per heavy atom. The minimum atomic E-state index is -4.50. The standard InChI is InChI=1S/C19H20N2O8S/c1-4-29-19(23)15-7-5-6-8-16(15)20(12-18(22)28-3)30(26,27)17-11-14(21(24)25)10-9-13(17)2/h5-11H,4,12H2,1-3H3. The summed E-state index contributed by atoms with van der Waals surface area (Å²) in [6, 6.07) is 9.05. The average Bonchev–Trinajstić information content (AvgIpc) is 2.71. The van der Waals surface area contributed by atoms with Gasteiger partial charge in [-0.05, 0) is 31.5 Å². The van der Waals surface area contributed by atoms with Gasteiger partial charge in [0, 0.05) is 12.1 Å². The molecule has 0 fully saturated rings. The fourth-order valence-electron chi connectivity index (χ4n) is 2.65. The molecule has 0 radical (unpaired) electrons. The Labute approximate surface area is 173 Å². The molecule has 0 saturated heterocycles. The lowest BCUT2D eigenvalue weighted by atomic mass is 10.2. The Balaban J connectivity index is 2.73. The van der Waals surface area contributed by atoms with Crippen LogP contribution in [-0.4, -0.2) is 45.5 Å². The van der Waals surface area contributed by atoms with Crippen LogP contribution in [0.25, 0.3) is 0 Å². The molecule has 11 heteroatoms. The van der Waals surface area contributed by atoms with E-state index in [9.17, 15) is 28.1 Å². The Morgan fingerprint density at radius 2 is 1.83 bits per heavy atom. The van der Waals surface area contributed by atoms with E-state index in [2.05, 4.69) is 4.74 Å². The number of hydrogen-bond acceptors (Lipinski definition) is 8. The second kappa shape index (κ2) is 9.35. The molecule has 2 rings (SSSR count). The van der Waals surface area contributed by atoms with Crippen LogP contribution >= 0.6 is 0 Å². The highest BCUT2D eigenvalue weighted by Crippen LogP contribution is 2.31. The van der Waals surface area contributed by atoms with Crippen molar-refractivity contribution in [2.45, 2.75) is 18.7 Å². The molecule has 0 bridgehead atoms. The predicted molar refractivity (Wildman–Crippen MR) is 107 cm³/mol. The average molecular weight is 436 g/mol. The molecule has 0 atom stereocenters. The van der Waals surface area contributed by atoms with E-state index in [1.54, 1.807) is 6.92 Å². The smallest absolute Gasteiger partial charge is 0.340 e. The number of nitro benzene ring substituents is 1. The number of carbonyl (C=O) groups excluding carboxylic acids is 2. The summed E-state index contributed by atoms with van der Waals surface area (Å²) in [6.45, 7) is 2.36. The number of anilines is 1. The molecule has 0 aliphatic heterocycles. The minimum Gasteiger partial charge on any atom is -0.468 e. The SMILES string of the molecule is CCOC(=O)c1ccccc1N(CC(=O)OC)S(=O)(=O)c1cc([N+](=O)[O-])ccc1C. The molecule has 0 saturated carbocycles. The van der Waals surface area contributed by atoms with Crippen molar-refractivity contribution in [3.63, 3.8) is 0 Å². The van der Waals surface area contributed by atoms with Crippen molar-refractivity contribution < 1.29 is 32.4 Å². The van der Waals surface area contributed by atoms with Gasteiger partial charge in [0.05, 0.1) is 34.8 Å². The number of aryl methyl sites for hydroxylation is 1. The highest BCUT2D eigenvalue weighted by Gasteiger charge is 2.33. The third kappa shape index (κ3) is 4.74. The Bertz CT molecular complexity index is 1080. The number of sulfonamides is 1. The van der Waals surface area contributed by atoms with E-state index in [0.29, 0.717) is 4.31 Å². The molecular weight excluding hydrogens is 416 g/mol. The summed E-state index contributed by atoms with van der Waals surface area (Å²) < 4.78 is 37.2. The highest BCUT2D eigenvalue weighted by molar-refractivity contribution is 7.93. The fraction of sp³-hybridized carbons (Fsp3) is 0.263. The number of hydrogen-bond donors (Lipinski definition) is 0. The molecule has 0 N–H and O–H groups in total. The number of para-hydroxylation sites is 1. The number of nitro groups is 1. The van der Waals surface area contributed by atoms with Crippen LogP contribution in [0.5, 0.6) is 0 Å². The van der Waals surface area contributed by atoms with Crippen molar-refractivity contribution in [3.8, 4) is 0 Å². The Kier molecular flexibility index (Phi) is 7.11. The number of ether oxygens (including phenoxy) is 2. The van der Waals surface area contributed by atoms with Gasteiger partial charge in [0.25, 0.3) is 15.7 Å². The third-order valence-corrected chi connectivity index (χ3v) is 6.02. The molecule has 160 valence electrons. The summed E-state index contributed by atoms with van der Waals surface area (Å²) in [7, 11) is -3.41. The number of carbonyl (C=O) groups is 2. The van der Waals surface area contributed by atoms with Crippen LogP contribution in [0, 0.1) is 17.0 Å². The topological polar surface area (TPSA) is 133 Å². The number of benzene rings is 2. The van der Waals surface area contributed by atoms with Crippen molar-refractivity contribution in [2.75, 3.05) is 24.6 Å². The van der Waals surface area contributed by atoms with Crippen LogP contribution in [-0.2, 0) is 24.3 Å². The number of nitrogens with zero attached hydrogens (tertiary/aromatic N) is 2. The van der Waals surface area contributed by atoms with Gasteiger partial charge in [-0.15, -0.1) is 0 Å². The van der Waals surface area contributed by atoms with Crippen molar-refractivity contribution >= 4 is 33.3 Å². The monoisotopic (exact) mass is 436 g/mol. The zero-order valence-electron chi connectivity index (χ0n) is 16.5. The summed E-state index contributed by atoms with van der Waals surface area (Å²) in [5, 5.41) is 11.1. The van der Waals surface area contributed by atoms with E-state index >= 15 is 0 Å². The van der Waals surface area contributed by atoms with E-state index in [0.717, 1.165) is 13.2 Å². The van der Waals surface area contributed by atoms with Crippen LogP contribution < -0.4 is 4.31 Å². The summed E-state index contributed by atoms with van der Waals surface area (Å²) in [6.07, 6.45) is 0. The van der Waals surface area contributed by atoms with Crippen LogP contribution in [0.4, 0.5) is 11.4 Å². The van der Waals surface area contributed by atoms with E-state index < -0.39 is 39.1 Å². The zero-order valence-corrected chi connectivity index (χ0v) is 17.3. The molecule has 10 nitrogen and oxygen atoms in total. The van der Waals surface area contributed by atoms with Gasteiger partial charge < -0.3 is 9.47 Å². The van der Waals surface area contributed by atoms with Gasteiger partial charge in [0.15, 0.2) is 0 Å². The minimum absolute atomic E-state index is 0.0565. The highest BCUT2D eigenvalue weighted by atomic mass is 32.2. The molecular formula is C19H20N2O8S. The third-order valence-electron chi connectivity index (χ3n) is 4.12. The van der Waals surface area contributed by atoms with E-state index in [4.69, 9.17) is 4.74 Å². The first-order valence-corrected chi connectivity index (χ1v) is 10.2. The van der Waals surface area contributed by atoms with Gasteiger partial charge in [-0.1, -0.05) is 18.2 Å². The molecule has 30 heavy (non-hydrogen) atoms. The second-order valence-corrected chi connectivity index (χ2v) is 7.86. The van der Waals surface area contributed by atoms with Crippen molar-refractivity contribution in [1.29, 1.82) is 0 Å². The summed E-state index contributed by atoms with van der Waals surface area (Å²) in [4.78, 5) is 34.4. The van der Waals surface area contributed by atoms with E-state index in [1.165, 1.54) is 43.3 Å². The second-order valence-electron chi connectivity index (χ2n) is 6.03. The van der Waals surface area contributed by atoms with Crippen molar-refractivity contribution in [2.24, 2.45) is 0 Å². The van der Waals surface area contributed by atoms with Crippen LogP contribution in [0.1, 0.15) is 22.8 Å². The maximum Gasteiger partial charge on any atom is 0.340 e. The van der Waals surface area contributed by atoms with Gasteiger partial charge in [-0.25, -0.2) is 13.2 Å². The first-order chi connectivity index (χ1) is 14.1. The van der Waals surface area contributed by atoms with Crippen molar-refractivity contribution in [3.05, 3.63) is 63.7 Å².